The molecule has 2 aromatic rings. The van der Waals surface area contributed by atoms with Crippen LogP contribution in [0.1, 0.15) is 72.6 Å². The number of nitrogens with one attached hydrogen (secondary N) is 1. The van der Waals surface area contributed by atoms with Crippen LogP contribution >= 0.6 is 0 Å². The van der Waals surface area contributed by atoms with Crippen LogP contribution in [0.15, 0.2) is 41.2 Å². The fourth-order valence-corrected chi connectivity index (χ4v) is 4.30. The van der Waals surface area contributed by atoms with Crippen molar-refractivity contribution in [1.29, 1.82) is 0 Å². The lowest BCUT2D eigenvalue weighted by Crippen LogP contribution is -2.44. The number of rotatable bonds is 8. The van der Waals surface area contributed by atoms with Gasteiger partial charge in [0.1, 0.15) is 5.56 Å². The molecule has 1 amide bonds. The smallest absolute Gasteiger partial charge is 0.263 e. The molecule has 0 spiro atoms. The van der Waals surface area contributed by atoms with Crippen LogP contribution in [0.2, 0.25) is 0 Å². The van der Waals surface area contributed by atoms with E-state index in [4.69, 9.17) is 5.73 Å². The summed E-state index contributed by atoms with van der Waals surface area (Å²) in [6.45, 7) is 3.14. The number of aromatic nitrogens is 1. The highest BCUT2D eigenvalue weighted by Gasteiger charge is 2.21. The molecule has 1 aromatic heterocycles. The van der Waals surface area contributed by atoms with Gasteiger partial charge in [-0.2, -0.15) is 0 Å². The van der Waals surface area contributed by atoms with Gasteiger partial charge >= 0.3 is 0 Å². The molecule has 0 unspecified atom stereocenters. The van der Waals surface area contributed by atoms with Gasteiger partial charge in [0, 0.05) is 24.8 Å². The number of amides is 1. The number of aryl methyl sites for hydroxylation is 1. The molecule has 0 bridgehead atoms. The molecule has 0 saturated heterocycles. The second kappa shape index (κ2) is 11.1. The molecule has 1 aliphatic rings. The molecule has 1 heterocycles. The van der Waals surface area contributed by atoms with Crippen molar-refractivity contribution in [3.63, 3.8) is 0 Å². The van der Waals surface area contributed by atoms with E-state index in [1.54, 1.807) is 0 Å². The van der Waals surface area contributed by atoms with E-state index in [-0.39, 0.29) is 23.1 Å². The third-order valence-electron chi connectivity index (χ3n) is 6.02. The second-order valence-electron chi connectivity index (χ2n) is 8.35. The van der Waals surface area contributed by atoms with E-state index >= 15 is 0 Å². The Balaban J connectivity index is 1.88. The minimum Gasteiger partial charge on any atom is -0.348 e. The molecular formula is C25H35N3O2. The summed E-state index contributed by atoms with van der Waals surface area (Å²) in [6.07, 6.45) is 9.11. The largest absolute Gasteiger partial charge is 0.348 e. The lowest BCUT2D eigenvalue weighted by atomic mass is 9.95. The molecule has 3 rings (SSSR count). The SMILES string of the molecule is CCCCn1c2c(cc(C(=O)N[C@@H](CN)Cc3ccccc3)c1=O)CCCCCC2. The van der Waals surface area contributed by atoms with E-state index in [0.717, 1.165) is 49.8 Å². The van der Waals surface area contributed by atoms with Crippen molar-refractivity contribution in [2.45, 2.75) is 77.3 Å². The molecule has 5 nitrogen and oxygen atoms in total. The summed E-state index contributed by atoms with van der Waals surface area (Å²) in [4.78, 5) is 26.4. The van der Waals surface area contributed by atoms with Gasteiger partial charge < -0.3 is 15.6 Å². The van der Waals surface area contributed by atoms with E-state index < -0.39 is 0 Å². The molecule has 0 aliphatic heterocycles. The van der Waals surface area contributed by atoms with Crippen molar-refractivity contribution < 1.29 is 4.79 Å². The molecule has 1 aromatic carbocycles. The Bertz CT molecular complexity index is 889. The first-order chi connectivity index (χ1) is 14.6. The molecule has 30 heavy (non-hydrogen) atoms. The van der Waals surface area contributed by atoms with Crippen molar-refractivity contribution in [3.05, 3.63) is 69.1 Å². The van der Waals surface area contributed by atoms with Gasteiger partial charge in [0.05, 0.1) is 0 Å². The highest BCUT2D eigenvalue weighted by atomic mass is 16.2. The molecule has 0 saturated carbocycles. The van der Waals surface area contributed by atoms with Gasteiger partial charge in [-0.3, -0.25) is 9.59 Å². The number of benzene rings is 1. The number of nitrogens with zero attached hydrogens (tertiary/aromatic N) is 1. The number of hydrogen-bond donors (Lipinski definition) is 2. The first-order valence-corrected chi connectivity index (χ1v) is 11.4. The van der Waals surface area contributed by atoms with Crippen LogP contribution in [0.5, 0.6) is 0 Å². The maximum atomic E-state index is 13.3. The normalized spacial score (nSPS) is 15.0. The van der Waals surface area contributed by atoms with E-state index in [9.17, 15) is 9.59 Å². The maximum absolute atomic E-state index is 13.3. The highest BCUT2D eigenvalue weighted by molar-refractivity contribution is 5.94. The fourth-order valence-electron chi connectivity index (χ4n) is 4.30. The summed E-state index contributed by atoms with van der Waals surface area (Å²) in [6, 6.07) is 11.6. The van der Waals surface area contributed by atoms with Crippen molar-refractivity contribution in [3.8, 4) is 0 Å². The number of nitrogens with two attached hydrogens (primary N) is 1. The van der Waals surface area contributed by atoms with Gasteiger partial charge in [0.15, 0.2) is 0 Å². The zero-order valence-corrected chi connectivity index (χ0v) is 18.2. The summed E-state index contributed by atoms with van der Waals surface area (Å²) in [5.41, 5.74) is 9.47. The van der Waals surface area contributed by atoms with E-state index in [1.807, 2.05) is 41.0 Å². The zero-order valence-electron chi connectivity index (χ0n) is 18.2. The quantitative estimate of drug-likeness (QED) is 0.699. The Morgan fingerprint density at radius 2 is 1.87 bits per heavy atom. The van der Waals surface area contributed by atoms with Crippen LogP contribution in [0.25, 0.3) is 0 Å². The predicted octanol–water partition coefficient (Wildman–Crippen LogP) is 3.61. The summed E-state index contributed by atoms with van der Waals surface area (Å²) in [5, 5.41) is 3.01. The van der Waals surface area contributed by atoms with Gasteiger partial charge in [-0.1, -0.05) is 56.5 Å². The Labute approximate surface area is 179 Å². The Morgan fingerprint density at radius 3 is 2.57 bits per heavy atom. The Kier molecular flexibility index (Phi) is 8.26. The molecule has 162 valence electrons. The number of unbranched alkanes of at least 4 members (excludes halogenated alkanes) is 1. The van der Waals surface area contributed by atoms with E-state index in [1.165, 1.54) is 18.4 Å². The minimum absolute atomic E-state index is 0.157. The Morgan fingerprint density at radius 1 is 1.13 bits per heavy atom. The molecule has 0 fully saturated rings. The van der Waals surface area contributed by atoms with Crippen LogP contribution in [-0.4, -0.2) is 23.1 Å². The zero-order chi connectivity index (χ0) is 21.3. The van der Waals surface area contributed by atoms with Gasteiger partial charge in [0.2, 0.25) is 0 Å². The number of hydrogen-bond acceptors (Lipinski definition) is 3. The second-order valence-corrected chi connectivity index (χ2v) is 8.35. The van der Waals surface area contributed by atoms with E-state index in [0.29, 0.717) is 19.5 Å². The van der Waals surface area contributed by atoms with Crippen LogP contribution in [0.3, 0.4) is 0 Å². The topological polar surface area (TPSA) is 77.1 Å². The average molecular weight is 410 g/mol. The van der Waals surface area contributed by atoms with Crippen LogP contribution in [0, 0.1) is 0 Å². The van der Waals surface area contributed by atoms with Gasteiger partial charge in [-0.15, -0.1) is 0 Å². The molecule has 1 aliphatic carbocycles. The number of carbonyl (C=O) groups excluding carboxylic acids is 1. The van der Waals surface area contributed by atoms with Crippen molar-refractivity contribution in [1.82, 2.24) is 9.88 Å². The summed E-state index contributed by atoms with van der Waals surface area (Å²) >= 11 is 0. The van der Waals surface area contributed by atoms with Crippen LogP contribution in [0.4, 0.5) is 0 Å². The van der Waals surface area contributed by atoms with Crippen molar-refractivity contribution in [2.24, 2.45) is 5.73 Å². The van der Waals surface area contributed by atoms with Crippen LogP contribution in [-0.2, 0) is 25.8 Å². The average Bonchev–Trinajstić information content (AvgIpc) is 2.74. The number of pyridine rings is 1. The third-order valence-corrected chi connectivity index (χ3v) is 6.02. The lowest BCUT2D eigenvalue weighted by Gasteiger charge is -2.22. The van der Waals surface area contributed by atoms with Crippen molar-refractivity contribution >= 4 is 5.91 Å². The van der Waals surface area contributed by atoms with Gasteiger partial charge in [-0.25, -0.2) is 0 Å². The summed E-state index contributed by atoms with van der Waals surface area (Å²) in [5.74, 6) is -0.304. The van der Waals surface area contributed by atoms with Gasteiger partial charge in [-0.05, 0) is 55.7 Å². The predicted molar refractivity (Wildman–Crippen MR) is 122 cm³/mol. The minimum atomic E-state index is -0.304. The maximum Gasteiger partial charge on any atom is 0.263 e. The van der Waals surface area contributed by atoms with Crippen LogP contribution < -0.4 is 16.6 Å². The first kappa shape index (κ1) is 22.3. The molecule has 0 radical (unpaired) electrons. The van der Waals surface area contributed by atoms with Crippen molar-refractivity contribution in [2.75, 3.05) is 6.54 Å². The summed E-state index contributed by atoms with van der Waals surface area (Å²) in [7, 11) is 0. The molecular weight excluding hydrogens is 374 g/mol. The van der Waals surface area contributed by atoms with Gasteiger partial charge in [0.25, 0.3) is 11.5 Å². The van der Waals surface area contributed by atoms with E-state index in [2.05, 4.69) is 12.2 Å². The highest BCUT2D eigenvalue weighted by Crippen LogP contribution is 2.20. The standard InChI is InChI=1S/C25H35N3O2/c1-2-3-15-28-23-14-10-5-4-9-13-20(23)17-22(25(28)30)24(29)27-21(18-26)16-19-11-7-6-8-12-19/h6-8,11-12,17,21H,2-5,9-10,13-16,18,26H2,1H3,(H,27,29)/t21-/m1/s1. The molecule has 3 N–H and O–H groups in total. The monoisotopic (exact) mass is 409 g/mol. The molecule has 5 heteroatoms. The molecule has 1 atom stereocenters. The third kappa shape index (κ3) is 5.60. The fraction of sp³-hybridized carbons (Fsp3) is 0.520. The number of fused-ring (bicyclic) bond motifs is 1. The Hall–Kier alpha value is -2.40. The first-order valence-electron chi connectivity index (χ1n) is 11.4. The lowest BCUT2D eigenvalue weighted by molar-refractivity contribution is 0.0935. The number of carbonyl (C=O) groups is 1. The summed E-state index contributed by atoms with van der Waals surface area (Å²) < 4.78 is 1.88.